The van der Waals surface area contributed by atoms with Crippen LogP contribution in [0.25, 0.3) is 0 Å². The average molecular weight is 902 g/mol. The molecule has 14 heteroatoms. The summed E-state index contributed by atoms with van der Waals surface area (Å²) in [7, 11) is 0. The lowest BCUT2D eigenvalue weighted by atomic mass is 9.91. The molecule has 50 heavy (non-hydrogen) atoms. The van der Waals surface area contributed by atoms with E-state index in [1.54, 1.807) is 6.20 Å². The molecule has 260 valence electrons. The third-order valence-electron chi connectivity index (χ3n) is 8.49. The van der Waals surface area contributed by atoms with Crippen molar-refractivity contribution in [3.63, 3.8) is 0 Å². The van der Waals surface area contributed by atoms with Crippen LogP contribution < -0.4 is 21.7 Å². The smallest absolute Gasteiger partial charge is 0.246 e. The highest BCUT2D eigenvalue weighted by Gasteiger charge is 2.39. The van der Waals surface area contributed by atoms with E-state index in [2.05, 4.69) is 71.1 Å². The molecule has 4 aromatic rings. The van der Waals surface area contributed by atoms with E-state index in [9.17, 15) is 24.0 Å². The molecule has 0 spiro atoms. The number of nitrogens with two attached hydrogens (primary N) is 1. The second-order valence-electron chi connectivity index (χ2n) is 12.2. The lowest BCUT2D eigenvalue weighted by Gasteiger charge is -2.38. The summed E-state index contributed by atoms with van der Waals surface area (Å²) in [4.78, 5) is 75.6. The molecule has 6 N–H and O–H groups in total. The fraction of sp³-hybridized carbons (Fsp3) is 0.278. The van der Waals surface area contributed by atoms with Gasteiger partial charge in [0.1, 0.15) is 24.2 Å². The molecule has 0 aliphatic carbocycles. The van der Waals surface area contributed by atoms with Crippen molar-refractivity contribution in [2.75, 3.05) is 0 Å². The van der Waals surface area contributed by atoms with Crippen molar-refractivity contribution in [3.8, 4) is 0 Å². The topological polar surface area (TPSA) is 179 Å². The largest absolute Gasteiger partial charge is 0.368 e. The minimum absolute atomic E-state index is 0.105. The SMILES string of the molecule is CC(=O)N[C@@H](Cc1cnc[nH]1)C(=O)N[C@H](Cc1ccc(I)cc1)C(=O)N1Cc2ccccc2CC1C(=O)N[C@@H](Cc1ccc(I)cc1)C(N)=O. The first-order chi connectivity index (χ1) is 24.0. The van der Waals surface area contributed by atoms with Gasteiger partial charge >= 0.3 is 0 Å². The van der Waals surface area contributed by atoms with E-state index < -0.39 is 53.7 Å². The summed E-state index contributed by atoms with van der Waals surface area (Å²) in [6.07, 6.45) is 3.66. The number of aromatic amines is 1. The third kappa shape index (κ3) is 9.89. The summed E-state index contributed by atoms with van der Waals surface area (Å²) in [5.41, 5.74) is 9.75. The van der Waals surface area contributed by atoms with Gasteiger partial charge in [0.2, 0.25) is 29.5 Å². The van der Waals surface area contributed by atoms with Crippen molar-refractivity contribution in [1.82, 2.24) is 30.8 Å². The summed E-state index contributed by atoms with van der Waals surface area (Å²) in [5.74, 6) is -2.69. The van der Waals surface area contributed by atoms with E-state index in [1.165, 1.54) is 18.2 Å². The van der Waals surface area contributed by atoms with Crippen LogP contribution >= 0.6 is 45.2 Å². The number of aromatic nitrogens is 2. The Morgan fingerprint density at radius 3 is 1.98 bits per heavy atom. The summed E-state index contributed by atoms with van der Waals surface area (Å²) in [6.45, 7) is 1.42. The standard InChI is InChI=1S/C36H37I2N7O5/c1-21(46)42-30(17-28-18-40-20-41-28)34(48)44-31(15-23-8-12-27(38)13-9-23)36(50)45-19-25-5-3-2-4-24(25)16-32(45)35(49)43-29(33(39)47)14-22-6-10-26(37)11-7-22/h2-13,18,20,29-32H,14-17,19H2,1H3,(H2,39,47)(H,40,41)(H,42,46)(H,43,49)(H,44,48)/t29-,30-,31+,32?/m0/s1. The number of carbonyl (C=O) groups is 5. The van der Waals surface area contributed by atoms with Gasteiger partial charge in [0.15, 0.2) is 0 Å². The van der Waals surface area contributed by atoms with Gasteiger partial charge in [0.05, 0.1) is 6.33 Å². The Labute approximate surface area is 317 Å². The molecular weight excluding hydrogens is 864 g/mol. The van der Waals surface area contributed by atoms with Gasteiger partial charge in [0, 0.05) is 58.2 Å². The van der Waals surface area contributed by atoms with Gasteiger partial charge < -0.3 is 31.6 Å². The Morgan fingerprint density at radius 1 is 0.820 bits per heavy atom. The van der Waals surface area contributed by atoms with Crippen LogP contribution in [0.4, 0.5) is 0 Å². The molecular formula is C36H37I2N7O5. The van der Waals surface area contributed by atoms with Crippen LogP contribution in [0.1, 0.15) is 34.9 Å². The van der Waals surface area contributed by atoms with Crippen LogP contribution in [0.3, 0.4) is 0 Å². The molecule has 3 aromatic carbocycles. The summed E-state index contributed by atoms with van der Waals surface area (Å²) in [5, 5.41) is 8.37. The van der Waals surface area contributed by atoms with E-state index in [0.29, 0.717) is 5.69 Å². The highest BCUT2D eigenvalue weighted by Crippen LogP contribution is 2.25. The Bertz CT molecular complexity index is 1830. The maximum Gasteiger partial charge on any atom is 0.246 e. The average Bonchev–Trinajstić information content (AvgIpc) is 3.61. The van der Waals surface area contributed by atoms with Crippen molar-refractivity contribution in [3.05, 3.63) is 120 Å². The molecule has 1 unspecified atom stereocenters. The quantitative estimate of drug-likeness (QED) is 0.129. The van der Waals surface area contributed by atoms with Crippen molar-refractivity contribution < 1.29 is 24.0 Å². The van der Waals surface area contributed by atoms with Gasteiger partial charge in [-0.05, 0) is 91.7 Å². The predicted molar refractivity (Wildman–Crippen MR) is 203 cm³/mol. The first kappa shape index (κ1) is 36.9. The second-order valence-corrected chi connectivity index (χ2v) is 14.7. The molecule has 0 radical (unpaired) electrons. The van der Waals surface area contributed by atoms with E-state index in [0.717, 1.165) is 29.4 Å². The van der Waals surface area contributed by atoms with Gasteiger partial charge in [-0.1, -0.05) is 48.5 Å². The van der Waals surface area contributed by atoms with Crippen molar-refractivity contribution in [2.24, 2.45) is 5.73 Å². The summed E-state index contributed by atoms with van der Waals surface area (Å²) >= 11 is 4.38. The first-order valence-corrected chi connectivity index (χ1v) is 18.1. The van der Waals surface area contributed by atoms with Crippen LogP contribution in [0.5, 0.6) is 0 Å². The molecule has 1 aliphatic rings. The zero-order valence-corrected chi connectivity index (χ0v) is 31.5. The van der Waals surface area contributed by atoms with Crippen molar-refractivity contribution >= 4 is 74.7 Å². The summed E-state index contributed by atoms with van der Waals surface area (Å²) < 4.78 is 2.03. The van der Waals surface area contributed by atoms with Crippen molar-refractivity contribution in [1.29, 1.82) is 0 Å². The van der Waals surface area contributed by atoms with Gasteiger partial charge in [0.25, 0.3) is 0 Å². The lowest BCUT2D eigenvalue weighted by Crippen LogP contribution is -2.61. The number of H-pyrrole nitrogens is 1. The molecule has 5 rings (SSSR count). The maximum atomic E-state index is 14.7. The van der Waals surface area contributed by atoms with E-state index >= 15 is 0 Å². The lowest BCUT2D eigenvalue weighted by molar-refractivity contribution is -0.145. The Morgan fingerprint density at radius 2 is 1.42 bits per heavy atom. The van der Waals surface area contributed by atoms with E-state index in [4.69, 9.17) is 5.73 Å². The highest BCUT2D eigenvalue weighted by atomic mass is 127. The van der Waals surface area contributed by atoms with Crippen molar-refractivity contribution in [2.45, 2.75) is 63.3 Å². The molecule has 1 aliphatic heterocycles. The molecule has 12 nitrogen and oxygen atoms in total. The van der Waals surface area contributed by atoms with Crippen LogP contribution in [0.2, 0.25) is 0 Å². The molecule has 0 bridgehead atoms. The van der Waals surface area contributed by atoms with Crippen LogP contribution in [0, 0.1) is 7.14 Å². The van der Waals surface area contributed by atoms with Crippen LogP contribution in [0.15, 0.2) is 85.3 Å². The molecule has 0 saturated heterocycles. The number of hydrogen-bond acceptors (Lipinski definition) is 6. The fourth-order valence-electron chi connectivity index (χ4n) is 5.94. The zero-order chi connectivity index (χ0) is 35.8. The normalized spacial score (nSPS) is 15.6. The molecule has 1 aromatic heterocycles. The number of benzene rings is 3. The number of hydrogen-bond donors (Lipinski definition) is 5. The number of primary amides is 1. The number of nitrogens with zero attached hydrogens (tertiary/aromatic N) is 2. The van der Waals surface area contributed by atoms with E-state index in [1.807, 2.05) is 72.8 Å². The van der Waals surface area contributed by atoms with Crippen LogP contribution in [-0.2, 0) is 56.2 Å². The molecule has 4 atom stereocenters. The minimum atomic E-state index is -1.10. The molecule has 5 amide bonds. The number of amides is 5. The predicted octanol–water partition coefficient (Wildman–Crippen LogP) is 2.56. The molecule has 0 saturated carbocycles. The summed E-state index contributed by atoms with van der Waals surface area (Å²) in [6, 6.07) is 18.5. The van der Waals surface area contributed by atoms with Gasteiger partial charge in [-0.15, -0.1) is 0 Å². The maximum absolute atomic E-state index is 14.7. The Balaban J connectivity index is 1.44. The number of halogens is 2. The number of imidazole rings is 1. The number of rotatable bonds is 13. The Kier molecular flexibility index (Phi) is 12.6. The first-order valence-electron chi connectivity index (χ1n) is 16.0. The number of fused-ring (bicyclic) bond motifs is 1. The van der Waals surface area contributed by atoms with E-state index in [-0.39, 0.29) is 32.2 Å². The molecule has 2 heterocycles. The Hall–Kier alpha value is -4.32. The number of nitrogens with one attached hydrogen (secondary N) is 4. The highest BCUT2D eigenvalue weighted by molar-refractivity contribution is 14.1. The van der Waals surface area contributed by atoms with Gasteiger partial charge in [-0.2, -0.15) is 0 Å². The number of carbonyl (C=O) groups excluding carboxylic acids is 5. The fourth-order valence-corrected chi connectivity index (χ4v) is 6.65. The van der Waals surface area contributed by atoms with Crippen LogP contribution in [-0.4, -0.2) is 68.6 Å². The third-order valence-corrected chi connectivity index (χ3v) is 9.93. The monoisotopic (exact) mass is 901 g/mol. The van der Waals surface area contributed by atoms with Gasteiger partial charge in [-0.3, -0.25) is 24.0 Å². The van der Waals surface area contributed by atoms with Gasteiger partial charge in [-0.25, -0.2) is 4.98 Å². The molecule has 0 fully saturated rings. The minimum Gasteiger partial charge on any atom is -0.368 e. The second kappa shape index (κ2) is 17.1. The zero-order valence-electron chi connectivity index (χ0n) is 27.2.